The third-order valence-electron chi connectivity index (χ3n) is 6.98. The van der Waals surface area contributed by atoms with E-state index in [0.29, 0.717) is 11.9 Å². The van der Waals surface area contributed by atoms with Gasteiger partial charge in [-0.2, -0.15) is 0 Å². The zero-order valence-electron chi connectivity index (χ0n) is 18.3. The second kappa shape index (κ2) is 8.95. The Morgan fingerprint density at radius 2 is 1.77 bits per heavy atom. The van der Waals surface area contributed by atoms with Crippen LogP contribution < -0.4 is 5.32 Å². The van der Waals surface area contributed by atoms with Crippen LogP contribution in [-0.2, 0) is 0 Å². The van der Waals surface area contributed by atoms with Gasteiger partial charge in [0.2, 0.25) is 0 Å². The molecule has 0 saturated carbocycles. The van der Waals surface area contributed by atoms with E-state index >= 15 is 0 Å². The van der Waals surface area contributed by atoms with Crippen LogP contribution >= 0.6 is 0 Å². The summed E-state index contributed by atoms with van der Waals surface area (Å²) in [4.78, 5) is 5.02. The number of likely N-dealkylation sites (tertiary alicyclic amines) is 1. The van der Waals surface area contributed by atoms with Gasteiger partial charge in [-0.1, -0.05) is 40.0 Å². The topological polar surface area (TPSA) is 42.4 Å². The van der Waals surface area contributed by atoms with E-state index < -0.39 is 0 Å². The van der Waals surface area contributed by atoms with Crippen LogP contribution in [0.1, 0.15) is 86.5 Å². The monoisotopic (exact) mass is 364 g/mol. The molecule has 4 heteroatoms. The molecule has 4 nitrogen and oxygen atoms in total. The summed E-state index contributed by atoms with van der Waals surface area (Å²) in [5, 5.41) is 12.1. The average Bonchev–Trinajstić information content (AvgIpc) is 2.71. The highest BCUT2D eigenvalue weighted by Crippen LogP contribution is 2.39. The molecule has 0 aromatic carbocycles. The van der Waals surface area contributed by atoms with Gasteiger partial charge in [0, 0.05) is 6.54 Å². The first-order valence-electron chi connectivity index (χ1n) is 11.1. The maximum Gasteiger partial charge on any atom is 0.192 e. The van der Waals surface area contributed by atoms with Gasteiger partial charge in [0.25, 0.3) is 0 Å². The number of rotatable bonds is 9. The first-order chi connectivity index (χ1) is 12.2. The zero-order chi connectivity index (χ0) is 19.4. The normalized spacial score (nSPS) is 27.3. The lowest BCUT2D eigenvalue weighted by Crippen LogP contribution is -2.56. The van der Waals surface area contributed by atoms with E-state index in [9.17, 15) is 0 Å². The third-order valence-corrected chi connectivity index (χ3v) is 6.98. The van der Waals surface area contributed by atoms with E-state index in [2.05, 4.69) is 56.7 Å². The SMILES string of the molecule is CCCCCCN1CCC(CN2C(=N)NC(C)(CC(C)C)C2(C)C)CC1. The summed E-state index contributed by atoms with van der Waals surface area (Å²) in [6, 6.07) is 0. The summed E-state index contributed by atoms with van der Waals surface area (Å²) in [6.45, 7) is 18.6. The molecule has 0 bridgehead atoms. The van der Waals surface area contributed by atoms with E-state index in [1.165, 1.54) is 58.2 Å². The summed E-state index contributed by atoms with van der Waals surface area (Å²) < 4.78 is 0. The summed E-state index contributed by atoms with van der Waals surface area (Å²) in [5.41, 5.74) is -0.0239. The Hall–Kier alpha value is -0.770. The fraction of sp³-hybridized carbons (Fsp3) is 0.955. The summed E-state index contributed by atoms with van der Waals surface area (Å²) in [5.74, 6) is 2.00. The van der Waals surface area contributed by atoms with Crippen LogP contribution in [0, 0.1) is 17.2 Å². The molecule has 2 heterocycles. The number of nitrogens with zero attached hydrogens (tertiary/aromatic N) is 2. The summed E-state index contributed by atoms with van der Waals surface area (Å²) in [7, 11) is 0. The lowest BCUT2D eigenvalue weighted by molar-refractivity contribution is 0.0961. The van der Waals surface area contributed by atoms with Gasteiger partial charge in [-0.15, -0.1) is 0 Å². The molecule has 0 spiro atoms. The Labute approximate surface area is 162 Å². The summed E-state index contributed by atoms with van der Waals surface area (Å²) >= 11 is 0. The molecule has 26 heavy (non-hydrogen) atoms. The van der Waals surface area contributed by atoms with Crippen molar-refractivity contribution >= 4 is 5.96 Å². The van der Waals surface area contributed by atoms with Crippen molar-refractivity contribution in [2.24, 2.45) is 11.8 Å². The van der Waals surface area contributed by atoms with Crippen LogP contribution in [0.15, 0.2) is 0 Å². The van der Waals surface area contributed by atoms with Crippen molar-refractivity contribution in [2.75, 3.05) is 26.2 Å². The van der Waals surface area contributed by atoms with E-state index in [0.717, 1.165) is 18.9 Å². The lowest BCUT2D eigenvalue weighted by atomic mass is 9.76. The van der Waals surface area contributed by atoms with Crippen LogP contribution in [0.25, 0.3) is 0 Å². The minimum atomic E-state index is -0.0156. The Morgan fingerprint density at radius 3 is 2.35 bits per heavy atom. The van der Waals surface area contributed by atoms with Gasteiger partial charge in [-0.05, 0) is 77.9 Å². The van der Waals surface area contributed by atoms with E-state index in [4.69, 9.17) is 5.41 Å². The van der Waals surface area contributed by atoms with Crippen LogP contribution in [0.4, 0.5) is 0 Å². The Bertz CT molecular complexity index is 451. The number of unbranched alkanes of at least 4 members (excludes halogenated alkanes) is 3. The fourth-order valence-corrected chi connectivity index (χ4v) is 4.91. The average molecular weight is 365 g/mol. The standard InChI is InChI=1S/C22H44N4/c1-7-8-9-10-13-25-14-11-19(12-15-25)17-26-20(23)24-22(6,16-18(2)3)21(26,4)5/h18-19H,7-17H2,1-6H3,(H2,23,24). The highest BCUT2D eigenvalue weighted by atomic mass is 15.4. The van der Waals surface area contributed by atoms with Crippen LogP contribution in [0.3, 0.4) is 0 Å². The number of guanidine groups is 1. The van der Waals surface area contributed by atoms with Gasteiger partial charge in [0.1, 0.15) is 0 Å². The second-order valence-corrected chi connectivity index (χ2v) is 9.92. The van der Waals surface area contributed by atoms with Crippen molar-refractivity contribution in [2.45, 2.75) is 97.6 Å². The van der Waals surface area contributed by atoms with Crippen LogP contribution in [0.2, 0.25) is 0 Å². The second-order valence-electron chi connectivity index (χ2n) is 9.92. The molecule has 2 rings (SSSR count). The van der Waals surface area contributed by atoms with Gasteiger partial charge >= 0.3 is 0 Å². The van der Waals surface area contributed by atoms with Gasteiger partial charge in [0.05, 0.1) is 11.1 Å². The van der Waals surface area contributed by atoms with Crippen molar-refractivity contribution in [1.82, 2.24) is 15.1 Å². The smallest absolute Gasteiger partial charge is 0.192 e. The molecule has 1 unspecified atom stereocenters. The molecule has 0 radical (unpaired) electrons. The molecule has 0 amide bonds. The predicted octanol–water partition coefficient (Wildman–Crippen LogP) is 4.70. The molecule has 0 aromatic heterocycles. The minimum Gasteiger partial charge on any atom is -0.349 e. The molecular formula is C22H44N4. The van der Waals surface area contributed by atoms with Gasteiger partial charge < -0.3 is 15.1 Å². The highest BCUT2D eigenvalue weighted by molar-refractivity contribution is 5.82. The number of hydrogen-bond acceptors (Lipinski definition) is 2. The van der Waals surface area contributed by atoms with E-state index in [1.807, 2.05) is 0 Å². The first-order valence-corrected chi connectivity index (χ1v) is 11.1. The van der Waals surface area contributed by atoms with E-state index in [-0.39, 0.29) is 11.1 Å². The van der Waals surface area contributed by atoms with Crippen LogP contribution in [0.5, 0.6) is 0 Å². The molecule has 152 valence electrons. The van der Waals surface area contributed by atoms with Crippen molar-refractivity contribution in [3.05, 3.63) is 0 Å². The molecule has 2 N–H and O–H groups in total. The van der Waals surface area contributed by atoms with Crippen LogP contribution in [-0.4, -0.2) is 53.0 Å². The largest absolute Gasteiger partial charge is 0.349 e. The Balaban J connectivity index is 1.84. The molecule has 2 aliphatic rings. The number of piperidine rings is 1. The lowest BCUT2D eigenvalue weighted by Gasteiger charge is -2.44. The first kappa shape index (κ1) is 21.5. The van der Waals surface area contributed by atoms with Crippen molar-refractivity contribution in [1.29, 1.82) is 5.41 Å². The number of hydrogen-bond donors (Lipinski definition) is 2. The maximum atomic E-state index is 8.55. The summed E-state index contributed by atoms with van der Waals surface area (Å²) in [6.07, 6.45) is 9.13. The Morgan fingerprint density at radius 1 is 1.12 bits per heavy atom. The highest BCUT2D eigenvalue weighted by Gasteiger charge is 2.53. The number of nitrogens with one attached hydrogen (secondary N) is 2. The van der Waals surface area contributed by atoms with Crippen molar-refractivity contribution < 1.29 is 0 Å². The van der Waals surface area contributed by atoms with Crippen molar-refractivity contribution in [3.63, 3.8) is 0 Å². The quantitative estimate of drug-likeness (QED) is 0.583. The third kappa shape index (κ3) is 4.94. The molecule has 0 aliphatic carbocycles. The zero-order valence-corrected chi connectivity index (χ0v) is 18.3. The molecule has 2 fully saturated rings. The predicted molar refractivity (Wildman–Crippen MR) is 113 cm³/mol. The van der Waals surface area contributed by atoms with Gasteiger partial charge in [0.15, 0.2) is 5.96 Å². The van der Waals surface area contributed by atoms with Gasteiger partial charge in [-0.3, -0.25) is 5.41 Å². The maximum absolute atomic E-state index is 8.55. The molecular weight excluding hydrogens is 320 g/mol. The minimum absolute atomic E-state index is 0.00829. The Kier molecular flexibility index (Phi) is 7.41. The molecule has 1 atom stereocenters. The fourth-order valence-electron chi connectivity index (χ4n) is 4.91. The van der Waals surface area contributed by atoms with E-state index in [1.54, 1.807) is 0 Å². The molecule has 0 aromatic rings. The molecule has 2 aliphatic heterocycles. The van der Waals surface area contributed by atoms with Crippen molar-refractivity contribution in [3.8, 4) is 0 Å². The van der Waals surface area contributed by atoms with Gasteiger partial charge in [-0.25, -0.2) is 0 Å². The molecule has 2 saturated heterocycles.